The van der Waals surface area contributed by atoms with Crippen molar-refractivity contribution in [2.24, 2.45) is 5.73 Å². The molecule has 11 nitrogen and oxygen atoms in total. The third-order valence-electron chi connectivity index (χ3n) is 4.86. The maximum Gasteiger partial charge on any atom is 0.302 e. The highest BCUT2D eigenvalue weighted by atomic mass is 16.6. The summed E-state index contributed by atoms with van der Waals surface area (Å²) in [7, 11) is 1.48. The maximum absolute atomic E-state index is 11.6. The Hall–Kier alpha value is -2.69. The van der Waals surface area contributed by atoms with Crippen LogP contribution < -0.4 is 5.73 Å². The molecule has 11 heteroatoms. The van der Waals surface area contributed by atoms with E-state index in [9.17, 15) is 24.0 Å². The number of rotatable bonds is 18. The van der Waals surface area contributed by atoms with Crippen molar-refractivity contribution in [3.8, 4) is 0 Å². The summed E-state index contributed by atoms with van der Waals surface area (Å²) in [5.74, 6) is -2.28. The zero-order chi connectivity index (χ0) is 26.1. The SMILES string of the molecule is CO[C@H](COC(C)=O)C[C@H](CCC[C@H](C[C@H](CCCC(N)=O)OC(C)=O)OC(C)=O)OC(C)=O. The molecule has 0 saturated carbocycles. The molecule has 0 aliphatic heterocycles. The van der Waals surface area contributed by atoms with Gasteiger partial charge >= 0.3 is 23.9 Å². The van der Waals surface area contributed by atoms with Gasteiger partial charge in [0.15, 0.2) is 0 Å². The third-order valence-corrected chi connectivity index (χ3v) is 4.86. The first-order valence-corrected chi connectivity index (χ1v) is 11.4. The third kappa shape index (κ3) is 17.8. The molecule has 196 valence electrons. The lowest BCUT2D eigenvalue weighted by Crippen LogP contribution is -2.29. The number of nitrogens with two attached hydrogens (primary N) is 1. The van der Waals surface area contributed by atoms with Gasteiger partial charge in [-0.3, -0.25) is 24.0 Å². The van der Waals surface area contributed by atoms with E-state index in [4.69, 9.17) is 29.4 Å². The fourth-order valence-electron chi connectivity index (χ4n) is 3.48. The van der Waals surface area contributed by atoms with Crippen molar-refractivity contribution in [3.05, 3.63) is 0 Å². The van der Waals surface area contributed by atoms with Crippen molar-refractivity contribution in [2.45, 2.75) is 103 Å². The summed E-state index contributed by atoms with van der Waals surface area (Å²) in [6.45, 7) is 5.21. The first-order valence-electron chi connectivity index (χ1n) is 11.4. The van der Waals surface area contributed by atoms with E-state index in [1.54, 1.807) is 0 Å². The van der Waals surface area contributed by atoms with Gasteiger partial charge in [-0.25, -0.2) is 0 Å². The molecule has 0 aromatic rings. The van der Waals surface area contributed by atoms with E-state index >= 15 is 0 Å². The minimum Gasteiger partial charge on any atom is -0.463 e. The number of methoxy groups -OCH3 is 1. The van der Waals surface area contributed by atoms with Gasteiger partial charge in [0.2, 0.25) is 5.91 Å². The molecule has 0 bridgehead atoms. The number of esters is 4. The second kappa shape index (κ2) is 17.7. The molecule has 0 unspecified atom stereocenters. The van der Waals surface area contributed by atoms with Gasteiger partial charge in [-0.15, -0.1) is 0 Å². The molecule has 0 rings (SSSR count). The van der Waals surface area contributed by atoms with Gasteiger partial charge in [0.25, 0.3) is 0 Å². The summed E-state index contributed by atoms with van der Waals surface area (Å²) in [6, 6.07) is 0. The number of hydrogen-bond donors (Lipinski definition) is 1. The number of hydrogen-bond acceptors (Lipinski definition) is 10. The Labute approximate surface area is 200 Å². The second-order valence-corrected chi connectivity index (χ2v) is 8.12. The lowest BCUT2D eigenvalue weighted by molar-refractivity contribution is -0.153. The summed E-state index contributed by atoms with van der Waals surface area (Å²) in [5, 5.41) is 0. The van der Waals surface area contributed by atoms with Crippen molar-refractivity contribution in [3.63, 3.8) is 0 Å². The fourth-order valence-corrected chi connectivity index (χ4v) is 3.48. The number of carbonyl (C=O) groups is 5. The summed E-state index contributed by atoms with van der Waals surface area (Å²) in [5.41, 5.74) is 5.17. The van der Waals surface area contributed by atoms with Crippen LogP contribution in [-0.4, -0.2) is 67.9 Å². The number of ether oxygens (including phenoxy) is 5. The molecule has 34 heavy (non-hydrogen) atoms. The zero-order valence-electron chi connectivity index (χ0n) is 20.8. The average molecular weight is 490 g/mol. The maximum atomic E-state index is 11.6. The minimum atomic E-state index is -0.535. The van der Waals surface area contributed by atoms with Gasteiger partial charge in [0.1, 0.15) is 24.9 Å². The van der Waals surface area contributed by atoms with Crippen LogP contribution in [0.15, 0.2) is 0 Å². The van der Waals surface area contributed by atoms with E-state index in [1.807, 2.05) is 0 Å². The number of carbonyl (C=O) groups excluding carboxylic acids is 5. The van der Waals surface area contributed by atoms with Crippen molar-refractivity contribution in [1.29, 1.82) is 0 Å². The summed E-state index contributed by atoms with van der Waals surface area (Å²) in [4.78, 5) is 56.7. The quantitative estimate of drug-likeness (QED) is 0.223. The van der Waals surface area contributed by atoms with Crippen molar-refractivity contribution in [1.82, 2.24) is 0 Å². The van der Waals surface area contributed by atoms with E-state index in [2.05, 4.69) is 0 Å². The highest BCUT2D eigenvalue weighted by Crippen LogP contribution is 2.21. The first-order chi connectivity index (χ1) is 15.9. The van der Waals surface area contributed by atoms with Crippen LogP contribution in [0.5, 0.6) is 0 Å². The van der Waals surface area contributed by atoms with Crippen LogP contribution in [0.25, 0.3) is 0 Å². The molecule has 0 aromatic heterocycles. The van der Waals surface area contributed by atoms with Gasteiger partial charge in [-0.1, -0.05) is 0 Å². The van der Waals surface area contributed by atoms with Crippen LogP contribution in [0, 0.1) is 0 Å². The molecule has 0 aromatic carbocycles. The van der Waals surface area contributed by atoms with Crippen molar-refractivity contribution < 1.29 is 47.7 Å². The normalized spacial score (nSPS) is 14.3. The van der Waals surface area contributed by atoms with Crippen LogP contribution in [0.3, 0.4) is 0 Å². The molecule has 2 N–H and O–H groups in total. The van der Waals surface area contributed by atoms with Crippen LogP contribution >= 0.6 is 0 Å². The Kier molecular flexibility index (Phi) is 16.3. The zero-order valence-corrected chi connectivity index (χ0v) is 20.8. The Morgan fingerprint density at radius 2 is 1.06 bits per heavy atom. The molecule has 0 saturated heterocycles. The highest BCUT2D eigenvalue weighted by Gasteiger charge is 2.24. The van der Waals surface area contributed by atoms with Gasteiger partial charge in [-0.2, -0.15) is 0 Å². The van der Waals surface area contributed by atoms with E-state index < -0.39 is 54.2 Å². The van der Waals surface area contributed by atoms with Crippen LogP contribution in [0.1, 0.15) is 79.1 Å². The Bertz CT molecular complexity index is 666. The molecular weight excluding hydrogens is 450 g/mol. The molecule has 0 aliphatic carbocycles. The highest BCUT2D eigenvalue weighted by molar-refractivity contribution is 5.73. The summed E-state index contributed by atoms with van der Waals surface area (Å²) < 4.78 is 26.4. The predicted molar refractivity (Wildman–Crippen MR) is 120 cm³/mol. The van der Waals surface area contributed by atoms with Crippen molar-refractivity contribution >= 4 is 29.8 Å². The van der Waals surface area contributed by atoms with Gasteiger partial charge < -0.3 is 29.4 Å². The van der Waals surface area contributed by atoms with Crippen LogP contribution in [0.4, 0.5) is 0 Å². The molecule has 0 fully saturated rings. The monoisotopic (exact) mass is 489 g/mol. The Morgan fingerprint density at radius 1 is 0.647 bits per heavy atom. The Balaban J connectivity index is 5.03. The lowest BCUT2D eigenvalue weighted by Gasteiger charge is -2.25. The van der Waals surface area contributed by atoms with Crippen LogP contribution in [0.2, 0.25) is 0 Å². The molecular formula is C23H39NO10. The van der Waals surface area contributed by atoms with Gasteiger partial charge in [-0.05, 0) is 32.1 Å². The topological polar surface area (TPSA) is 158 Å². The molecule has 0 heterocycles. The van der Waals surface area contributed by atoms with E-state index in [0.29, 0.717) is 38.5 Å². The van der Waals surface area contributed by atoms with Gasteiger partial charge in [0, 0.05) is 54.1 Å². The number of primary amides is 1. The van der Waals surface area contributed by atoms with E-state index in [1.165, 1.54) is 34.8 Å². The summed E-state index contributed by atoms with van der Waals surface area (Å²) >= 11 is 0. The minimum absolute atomic E-state index is 0.0367. The standard InChI is InChI=1S/C23H39NO10/c1-15(25)31-14-22(30-5)13-21(34-18(4)28)9-6-8-19(32-16(2)26)12-20(33-17(3)27)10-7-11-23(24)29/h19-22H,6-14H2,1-5H3,(H2,24,29)/t19-,20+,21+,22+/m1/s1. The van der Waals surface area contributed by atoms with E-state index in [0.717, 1.165) is 0 Å². The Morgan fingerprint density at radius 3 is 1.41 bits per heavy atom. The predicted octanol–water partition coefficient (Wildman–Crippen LogP) is 1.97. The van der Waals surface area contributed by atoms with Crippen molar-refractivity contribution in [2.75, 3.05) is 13.7 Å². The smallest absolute Gasteiger partial charge is 0.302 e. The van der Waals surface area contributed by atoms with E-state index in [-0.39, 0.29) is 19.4 Å². The second-order valence-electron chi connectivity index (χ2n) is 8.12. The molecule has 1 amide bonds. The summed E-state index contributed by atoms with van der Waals surface area (Å²) in [6.07, 6.45) is 1.02. The molecule has 0 aliphatic rings. The lowest BCUT2D eigenvalue weighted by atomic mass is 9.99. The van der Waals surface area contributed by atoms with Gasteiger partial charge in [0.05, 0.1) is 6.10 Å². The van der Waals surface area contributed by atoms with Crippen LogP contribution in [-0.2, 0) is 47.7 Å². The average Bonchev–Trinajstić information content (AvgIpc) is 2.68. The largest absolute Gasteiger partial charge is 0.463 e. The fraction of sp³-hybridized carbons (Fsp3) is 0.783. The molecule has 0 spiro atoms. The molecule has 0 radical (unpaired) electrons. The first kappa shape index (κ1) is 31.3. The molecule has 4 atom stereocenters. The number of amides is 1.